The van der Waals surface area contributed by atoms with Gasteiger partial charge in [-0.15, -0.1) is 0 Å². The maximum atomic E-state index is 13.4. The first-order valence-electron chi connectivity index (χ1n) is 5.98. The van der Waals surface area contributed by atoms with E-state index < -0.39 is 5.82 Å². The molecule has 0 radical (unpaired) electrons. The van der Waals surface area contributed by atoms with Gasteiger partial charge in [-0.25, -0.2) is 8.78 Å². The molecule has 0 heterocycles. The average molecular weight is 263 g/mol. The summed E-state index contributed by atoms with van der Waals surface area (Å²) in [6, 6.07) is 8.20. The van der Waals surface area contributed by atoms with E-state index >= 15 is 0 Å². The summed E-state index contributed by atoms with van der Waals surface area (Å²) in [5.74, 6) is -0.716. The van der Waals surface area contributed by atoms with Crippen molar-refractivity contribution in [3.8, 4) is 5.75 Å². The second kappa shape index (κ2) is 5.26. The van der Waals surface area contributed by atoms with Crippen molar-refractivity contribution >= 4 is 5.69 Å². The number of nitrogens with one attached hydrogen (secondary N) is 1. The zero-order valence-corrected chi connectivity index (χ0v) is 10.7. The first-order valence-corrected chi connectivity index (χ1v) is 5.98. The molecule has 2 nitrogen and oxygen atoms in total. The molecule has 2 N–H and O–H groups in total. The van der Waals surface area contributed by atoms with Gasteiger partial charge in [-0.3, -0.25) is 0 Å². The Balaban J connectivity index is 2.22. The standard InChI is InChI=1S/C15H15F2NO/c1-9-3-5-12(8-14(9)17)18-10(2)13-7-11(16)4-6-15(13)19/h3-8,10,18-19H,1-2H3. The van der Waals surface area contributed by atoms with Gasteiger partial charge in [-0.1, -0.05) is 6.07 Å². The molecule has 19 heavy (non-hydrogen) atoms. The van der Waals surface area contributed by atoms with E-state index in [2.05, 4.69) is 5.32 Å². The minimum Gasteiger partial charge on any atom is -0.508 e. The minimum atomic E-state index is -0.420. The Hall–Kier alpha value is -2.10. The van der Waals surface area contributed by atoms with Gasteiger partial charge in [-0.05, 0) is 49.7 Å². The topological polar surface area (TPSA) is 32.3 Å². The van der Waals surface area contributed by atoms with Crippen molar-refractivity contribution in [2.45, 2.75) is 19.9 Å². The van der Waals surface area contributed by atoms with Crippen LogP contribution in [0.25, 0.3) is 0 Å². The lowest BCUT2D eigenvalue weighted by Gasteiger charge is -2.17. The SMILES string of the molecule is Cc1ccc(NC(C)c2cc(F)ccc2O)cc1F. The number of aryl methyl sites for hydroxylation is 1. The normalized spacial score (nSPS) is 12.2. The lowest BCUT2D eigenvalue weighted by atomic mass is 10.1. The smallest absolute Gasteiger partial charge is 0.128 e. The second-order valence-electron chi connectivity index (χ2n) is 4.53. The largest absolute Gasteiger partial charge is 0.508 e. The fourth-order valence-corrected chi connectivity index (χ4v) is 1.88. The predicted molar refractivity (Wildman–Crippen MR) is 71.2 cm³/mol. The van der Waals surface area contributed by atoms with Gasteiger partial charge < -0.3 is 10.4 Å². The van der Waals surface area contributed by atoms with Crippen LogP contribution in [-0.4, -0.2) is 5.11 Å². The van der Waals surface area contributed by atoms with Gasteiger partial charge in [0.2, 0.25) is 0 Å². The van der Waals surface area contributed by atoms with E-state index in [-0.39, 0.29) is 17.6 Å². The van der Waals surface area contributed by atoms with E-state index in [0.717, 1.165) is 0 Å². The van der Waals surface area contributed by atoms with E-state index in [4.69, 9.17) is 0 Å². The van der Waals surface area contributed by atoms with Gasteiger partial charge in [0.15, 0.2) is 0 Å². The van der Waals surface area contributed by atoms with Crippen LogP contribution in [0.1, 0.15) is 24.1 Å². The van der Waals surface area contributed by atoms with Crippen molar-refractivity contribution in [1.29, 1.82) is 0 Å². The summed E-state index contributed by atoms with van der Waals surface area (Å²) in [4.78, 5) is 0. The van der Waals surface area contributed by atoms with Gasteiger partial charge in [0.25, 0.3) is 0 Å². The molecule has 100 valence electrons. The zero-order chi connectivity index (χ0) is 14.0. The Morgan fingerprint density at radius 2 is 1.84 bits per heavy atom. The molecule has 0 saturated carbocycles. The Morgan fingerprint density at radius 3 is 2.53 bits per heavy atom. The van der Waals surface area contributed by atoms with Gasteiger partial charge in [-0.2, -0.15) is 0 Å². The number of anilines is 1. The van der Waals surface area contributed by atoms with Crippen molar-refractivity contribution in [2.75, 3.05) is 5.32 Å². The minimum absolute atomic E-state index is 0.00832. The maximum Gasteiger partial charge on any atom is 0.128 e. The summed E-state index contributed by atoms with van der Waals surface area (Å²) < 4.78 is 26.6. The van der Waals surface area contributed by atoms with Crippen LogP contribution in [0.3, 0.4) is 0 Å². The van der Waals surface area contributed by atoms with Crippen LogP contribution in [0.15, 0.2) is 36.4 Å². The molecule has 0 amide bonds. The van der Waals surface area contributed by atoms with E-state index in [1.165, 1.54) is 24.3 Å². The average Bonchev–Trinajstić information content (AvgIpc) is 2.36. The Labute approximate surface area is 110 Å². The molecule has 1 atom stereocenters. The second-order valence-corrected chi connectivity index (χ2v) is 4.53. The lowest BCUT2D eigenvalue weighted by molar-refractivity contribution is 0.462. The van der Waals surface area contributed by atoms with Gasteiger partial charge in [0.1, 0.15) is 17.4 Å². The molecular weight excluding hydrogens is 248 g/mol. The molecule has 0 spiro atoms. The molecule has 0 bridgehead atoms. The third-order valence-corrected chi connectivity index (χ3v) is 3.01. The van der Waals surface area contributed by atoms with Gasteiger partial charge >= 0.3 is 0 Å². The molecule has 0 aliphatic heterocycles. The van der Waals surface area contributed by atoms with E-state index in [0.29, 0.717) is 16.8 Å². The molecule has 4 heteroatoms. The Bertz CT molecular complexity index is 599. The molecule has 2 aromatic rings. The number of rotatable bonds is 3. The van der Waals surface area contributed by atoms with Crippen LogP contribution < -0.4 is 5.32 Å². The van der Waals surface area contributed by atoms with Crippen molar-refractivity contribution in [1.82, 2.24) is 0 Å². The number of hydrogen-bond acceptors (Lipinski definition) is 2. The number of aromatic hydroxyl groups is 1. The molecule has 2 aromatic carbocycles. The highest BCUT2D eigenvalue weighted by Gasteiger charge is 2.12. The van der Waals surface area contributed by atoms with E-state index in [9.17, 15) is 13.9 Å². The Kier molecular flexibility index (Phi) is 3.69. The molecular formula is C15H15F2NO. The fourth-order valence-electron chi connectivity index (χ4n) is 1.88. The first-order chi connectivity index (χ1) is 8.97. The molecule has 0 fully saturated rings. The van der Waals surface area contributed by atoms with Crippen LogP contribution >= 0.6 is 0 Å². The highest BCUT2D eigenvalue weighted by Crippen LogP contribution is 2.28. The summed E-state index contributed by atoms with van der Waals surface area (Å²) in [6.45, 7) is 3.45. The molecule has 0 aliphatic carbocycles. The number of hydrogen-bond donors (Lipinski definition) is 2. The van der Waals surface area contributed by atoms with Crippen molar-refractivity contribution < 1.29 is 13.9 Å². The summed E-state index contributed by atoms with van der Waals surface area (Å²) in [6.07, 6.45) is 0. The highest BCUT2D eigenvalue weighted by atomic mass is 19.1. The fraction of sp³-hybridized carbons (Fsp3) is 0.200. The quantitative estimate of drug-likeness (QED) is 0.871. The lowest BCUT2D eigenvalue weighted by Crippen LogP contribution is -2.07. The van der Waals surface area contributed by atoms with Crippen molar-refractivity contribution in [3.05, 3.63) is 59.2 Å². The molecule has 0 saturated heterocycles. The van der Waals surface area contributed by atoms with Crippen LogP contribution in [-0.2, 0) is 0 Å². The molecule has 0 aliphatic rings. The number of phenolic OH excluding ortho intramolecular Hbond substituents is 1. The number of phenols is 1. The first kappa shape index (κ1) is 13.3. The van der Waals surface area contributed by atoms with Crippen LogP contribution in [0.4, 0.5) is 14.5 Å². The number of benzene rings is 2. The third kappa shape index (κ3) is 3.02. The van der Waals surface area contributed by atoms with Crippen molar-refractivity contribution in [2.24, 2.45) is 0 Å². The predicted octanol–water partition coefficient (Wildman–Crippen LogP) is 4.15. The monoisotopic (exact) mass is 263 g/mol. The van der Waals surface area contributed by atoms with Gasteiger partial charge in [0, 0.05) is 11.3 Å². The van der Waals surface area contributed by atoms with Crippen molar-refractivity contribution in [3.63, 3.8) is 0 Å². The summed E-state index contributed by atoms with van der Waals surface area (Å²) in [5.41, 5.74) is 1.58. The summed E-state index contributed by atoms with van der Waals surface area (Å²) in [7, 11) is 0. The third-order valence-electron chi connectivity index (χ3n) is 3.01. The summed E-state index contributed by atoms with van der Waals surface area (Å²) >= 11 is 0. The highest BCUT2D eigenvalue weighted by molar-refractivity contribution is 5.48. The molecule has 2 rings (SSSR count). The molecule has 0 aromatic heterocycles. The number of halogens is 2. The van der Waals surface area contributed by atoms with E-state index in [1.807, 2.05) is 0 Å². The van der Waals surface area contributed by atoms with E-state index in [1.54, 1.807) is 26.0 Å². The van der Waals surface area contributed by atoms with Crippen LogP contribution in [0.5, 0.6) is 5.75 Å². The maximum absolute atomic E-state index is 13.4. The molecule has 1 unspecified atom stereocenters. The zero-order valence-electron chi connectivity index (χ0n) is 10.7. The van der Waals surface area contributed by atoms with Crippen LogP contribution in [0, 0.1) is 18.6 Å². The summed E-state index contributed by atoms with van der Waals surface area (Å²) in [5, 5.41) is 12.7. The Morgan fingerprint density at radius 1 is 1.11 bits per heavy atom. The van der Waals surface area contributed by atoms with Gasteiger partial charge in [0.05, 0.1) is 6.04 Å². The van der Waals surface area contributed by atoms with Crippen LogP contribution in [0.2, 0.25) is 0 Å².